The lowest BCUT2D eigenvalue weighted by atomic mass is 10.1. The highest BCUT2D eigenvalue weighted by molar-refractivity contribution is 5.60. The van der Waals surface area contributed by atoms with E-state index in [1.807, 2.05) is 13.2 Å². The summed E-state index contributed by atoms with van der Waals surface area (Å²) in [7, 11) is 1.89. The molecule has 0 spiro atoms. The molecule has 0 saturated heterocycles. The largest absolute Gasteiger partial charge is 0.384 e. The molecule has 2 aromatic heterocycles. The zero-order valence-corrected chi connectivity index (χ0v) is 10.0. The lowest BCUT2D eigenvalue weighted by Crippen LogP contribution is -2.09. The molecule has 5 heteroatoms. The Morgan fingerprint density at radius 1 is 1.35 bits per heavy atom. The molecule has 2 N–H and O–H groups in total. The average Bonchev–Trinajstić information content (AvgIpc) is 2.88. The lowest BCUT2D eigenvalue weighted by molar-refractivity contribution is 0.712. The van der Waals surface area contributed by atoms with E-state index in [1.165, 1.54) is 0 Å². The molecule has 2 heterocycles. The fraction of sp³-hybridized carbons (Fsp3) is 0.417. The molecular formula is C12H15N5. The lowest BCUT2D eigenvalue weighted by Gasteiger charge is -2.09. The number of nitrogens with two attached hydrogens (primary N) is 1. The Hall–Kier alpha value is -1.91. The Labute approximate surface area is 99.7 Å². The SMILES string of the molecule is Cn1cc(-c2cc(N)nc(C3(C)CC3)n2)cn1. The molecule has 0 aliphatic heterocycles. The molecule has 5 nitrogen and oxygen atoms in total. The van der Waals surface area contributed by atoms with E-state index in [9.17, 15) is 0 Å². The highest BCUT2D eigenvalue weighted by Crippen LogP contribution is 2.46. The van der Waals surface area contributed by atoms with E-state index >= 15 is 0 Å². The van der Waals surface area contributed by atoms with Crippen LogP contribution in [0.1, 0.15) is 25.6 Å². The minimum absolute atomic E-state index is 0.131. The molecule has 17 heavy (non-hydrogen) atoms. The van der Waals surface area contributed by atoms with Gasteiger partial charge in [0.15, 0.2) is 0 Å². The van der Waals surface area contributed by atoms with Crippen molar-refractivity contribution in [1.29, 1.82) is 0 Å². The summed E-state index contributed by atoms with van der Waals surface area (Å²) in [4.78, 5) is 8.95. The van der Waals surface area contributed by atoms with Gasteiger partial charge in [0.1, 0.15) is 11.6 Å². The zero-order valence-electron chi connectivity index (χ0n) is 10.0. The zero-order chi connectivity index (χ0) is 12.0. The van der Waals surface area contributed by atoms with Crippen molar-refractivity contribution in [3.8, 4) is 11.3 Å². The summed E-state index contributed by atoms with van der Waals surface area (Å²) in [6.07, 6.45) is 6.01. The van der Waals surface area contributed by atoms with Crippen LogP contribution in [-0.2, 0) is 12.5 Å². The molecule has 3 rings (SSSR count). The highest BCUT2D eigenvalue weighted by atomic mass is 15.2. The van der Waals surface area contributed by atoms with Crippen molar-refractivity contribution >= 4 is 5.82 Å². The van der Waals surface area contributed by atoms with Gasteiger partial charge in [-0.05, 0) is 12.8 Å². The Morgan fingerprint density at radius 3 is 2.71 bits per heavy atom. The van der Waals surface area contributed by atoms with Gasteiger partial charge >= 0.3 is 0 Å². The Bertz CT molecular complexity index is 568. The molecule has 1 aliphatic carbocycles. The van der Waals surface area contributed by atoms with E-state index in [2.05, 4.69) is 22.0 Å². The van der Waals surface area contributed by atoms with Crippen molar-refractivity contribution in [3.63, 3.8) is 0 Å². The maximum atomic E-state index is 5.85. The molecule has 0 aromatic carbocycles. The maximum Gasteiger partial charge on any atom is 0.137 e. The molecule has 1 fully saturated rings. The number of anilines is 1. The normalized spacial score (nSPS) is 17.1. The van der Waals surface area contributed by atoms with Crippen LogP contribution in [0.2, 0.25) is 0 Å². The van der Waals surface area contributed by atoms with Crippen molar-refractivity contribution in [2.24, 2.45) is 7.05 Å². The summed E-state index contributed by atoms with van der Waals surface area (Å²) < 4.78 is 1.76. The van der Waals surface area contributed by atoms with Gasteiger partial charge in [-0.25, -0.2) is 9.97 Å². The first-order chi connectivity index (χ1) is 8.07. The summed E-state index contributed by atoms with van der Waals surface area (Å²) >= 11 is 0. The van der Waals surface area contributed by atoms with Crippen molar-refractivity contribution in [2.45, 2.75) is 25.2 Å². The number of nitrogens with zero attached hydrogens (tertiary/aromatic N) is 4. The van der Waals surface area contributed by atoms with Crippen LogP contribution in [-0.4, -0.2) is 19.7 Å². The Kier molecular flexibility index (Phi) is 1.98. The number of hydrogen-bond donors (Lipinski definition) is 1. The first kappa shape index (κ1) is 10.3. The number of rotatable bonds is 2. The van der Waals surface area contributed by atoms with Crippen molar-refractivity contribution in [2.75, 3.05) is 5.73 Å². The minimum Gasteiger partial charge on any atom is -0.384 e. The monoisotopic (exact) mass is 229 g/mol. The van der Waals surface area contributed by atoms with Gasteiger partial charge in [0.25, 0.3) is 0 Å². The average molecular weight is 229 g/mol. The number of aromatic nitrogens is 4. The van der Waals surface area contributed by atoms with E-state index in [1.54, 1.807) is 16.9 Å². The van der Waals surface area contributed by atoms with Gasteiger partial charge in [-0.2, -0.15) is 5.10 Å². The van der Waals surface area contributed by atoms with Crippen LogP contribution in [0, 0.1) is 0 Å². The van der Waals surface area contributed by atoms with Crippen molar-refractivity contribution < 1.29 is 0 Å². The molecule has 0 unspecified atom stereocenters. The van der Waals surface area contributed by atoms with Crippen molar-refractivity contribution in [1.82, 2.24) is 19.7 Å². The van der Waals surface area contributed by atoms with Crippen molar-refractivity contribution in [3.05, 3.63) is 24.3 Å². The quantitative estimate of drug-likeness (QED) is 0.847. The van der Waals surface area contributed by atoms with Gasteiger partial charge in [0, 0.05) is 30.3 Å². The van der Waals surface area contributed by atoms with Crippen LogP contribution in [0.4, 0.5) is 5.82 Å². The van der Waals surface area contributed by atoms with Gasteiger partial charge in [0.05, 0.1) is 11.9 Å². The second kappa shape index (κ2) is 3.29. The fourth-order valence-corrected chi connectivity index (χ4v) is 1.85. The molecule has 0 atom stereocenters. The van der Waals surface area contributed by atoms with E-state index in [0.29, 0.717) is 5.82 Å². The molecule has 88 valence electrons. The smallest absolute Gasteiger partial charge is 0.137 e. The number of aryl methyl sites for hydroxylation is 1. The molecular weight excluding hydrogens is 214 g/mol. The second-order valence-corrected chi connectivity index (χ2v) is 4.96. The summed E-state index contributed by atoms with van der Waals surface area (Å²) in [5, 5.41) is 4.15. The fourth-order valence-electron chi connectivity index (χ4n) is 1.85. The summed E-state index contributed by atoms with van der Waals surface area (Å²) in [6, 6.07) is 1.80. The van der Waals surface area contributed by atoms with E-state index in [4.69, 9.17) is 5.73 Å². The van der Waals surface area contributed by atoms with E-state index in [-0.39, 0.29) is 5.41 Å². The van der Waals surface area contributed by atoms with Crippen LogP contribution in [0.15, 0.2) is 18.5 Å². The highest BCUT2D eigenvalue weighted by Gasteiger charge is 2.42. The predicted molar refractivity (Wildman–Crippen MR) is 65.2 cm³/mol. The number of nitrogen functional groups attached to an aromatic ring is 1. The minimum atomic E-state index is 0.131. The van der Waals surface area contributed by atoms with Crippen LogP contribution in [0.3, 0.4) is 0 Å². The van der Waals surface area contributed by atoms with Crippen LogP contribution in [0.25, 0.3) is 11.3 Å². The van der Waals surface area contributed by atoms with Crippen LogP contribution in [0.5, 0.6) is 0 Å². The predicted octanol–water partition coefficient (Wildman–Crippen LogP) is 1.51. The van der Waals surface area contributed by atoms with Crippen LogP contribution >= 0.6 is 0 Å². The maximum absolute atomic E-state index is 5.85. The Balaban J connectivity index is 2.08. The molecule has 0 radical (unpaired) electrons. The van der Waals surface area contributed by atoms with Gasteiger partial charge in [0.2, 0.25) is 0 Å². The molecule has 2 aromatic rings. The van der Waals surface area contributed by atoms with E-state index in [0.717, 1.165) is 29.9 Å². The summed E-state index contributed by atoms with van der Waals surface area (Å²) in [6.45, 7) is 2.18. The summed E-state index contributed by atoms with van der Waals surface area (Å²) in [5.41, 5.74) is 7.82. The molecule has 0 bridgehead atoms. The molecule has 0 amide bonds. The third-order valence-electron chi connectivity index (χ3n) is 3.29. The standard InChI is InChI=1S/C12H15N5/c1-12(3-4-12)11-15-9(5-10(13)16-11)8-6-14-17(2)7-8/h5-7H,3-4H2,1-2H3,(H2,13,15,16). The third-order valence-corrected chi connectivity index (χ3v) is 3.29. The molecule has 1 saturated carbocycles. The summed E-state index contributed by atoms with van der Waals surface area (Å²) in [5.74, 6) is 1.39. The third kappa shape index (κ3) is 1.77. The van der Waals surface area contributed by atoms with Gasteiger partial charge in [-0.15, -0.1) is 0 Å². The Morgan fingerprint density at radius 2 is 2.12 bits per heavy atom. The first-order valence-electron chi connectivity index (χ1n) is 5.71. The first-order valence-corrected chi connectivity index (χ1v) is 5.71. The topological polar surface area (TPSA) is 69.6 Å². The van der Waals surface area contributed by atoms with E-state index < -0.39 is 0 Å². The number of hydrogen-bond acceptors (Lipinski definition) is 4. The van der Waals surface area contributed by atoms with Gasteiger partial charge in [-0.3, -0.25) is 4.68 Å². The van der Waals surface area contributed by atoms with Crippen LogP contribution < -0.4 is 5.73 Å². The second-order valence-electron chi connectivity index (χ2n) is 4.96. The van der Waals surface area contributed by atoms with Gasteiger partial charge in [-0.1, -0.05) is 6.92 Å². The van der Waals surface area contributed by atoms with Gasteiger partial charge < -0.3 is 5.73 Å². The molecule has 1 aliphatic rings.